The van der Waals surface area contributed by atoms with Crippen molar-refractivity contribution in [3.8, 4) is 5.75 Å². The highest BCUT2D eigenvalue weighted by atomic mass is 35.5. The van der Waals surface area contributed by atoms with Crippen LogP contribution in [-0.4, -0.2) is 46.1 Å². The second-order valence-electron chi connectivity index (χ2n) is 7.07. The second kappa shape index (κ2) is 9.42. The number of hydrogen-bond donors (Lipinski definition) is 3. The molecule has 1 fully saturated rings. The first-order valence-electron chi connectivity index (χ1n) is 9.22. The second-order valence-corrected chi connectivity index (χ2v) is 7.07. The Hall–Kier alpha value is -1.79. The van der Waals surface area contributed by atoms with E-state index >= 15 is 0 Å². The summed E-state index contributed by atoms with van der Waals surface area (Å²) >= 11 is 0. The fourth-order valence-electron chi connectivity index (χ4n) is 3.61. The quantitative estimate of drug-likeness (QED) is 0.659. The van der Waals surface area contributed by atoms with Gasteiger partial charge in [0.25, 0.3) is 0 Å². The molecule has 3 atom stereocenters. The molecule has 148 valence electrons. The van der Waals surface area contributed by atoms with E-state index in [0.29, 0.717) is 30.8 Å². The van der Waals surface area contributed by atoms with Crippen molar-refractivity contribution in [2.75, 3.05) is 18.8 Å². The Labute approximate surface area is 167 Å². The van der Waals surface area contributed by atoms with Gasteiger partial charge in [-0.1, -0.05) is 37.3 Å². The molecule has 3 rings (SSSR count). The number of ether oxygens (including phenoxy) is 1. The van der Waals surface area contributed by atoms with Crippen LogP contribution in [0.4, 0.5) is 5.69 Å². The van der Waals surface area contributed by atoms with Crippen molar-refractivity contribution in [3.63, 3.8) is 0 Å². The van der Waals surface area contributed by atoms with Crippen LogP contribution in [0.2, 0.25) is 0 Å². The first-order valence-corrected chi connectivity index (χ1v) is 9.22. The molecular weight excluding hydrogens is 364 g/mol. The van der Waals surface area contributed by atoms with Gasteiger partial charge in [-0.2, -0.15) is 0 Å². The molecule has 0 bridgehead atoms. The van der Waals surface area contributed by atoms with Crippen LogP contribution in [-0.2, 0) is 6.42 Å². The molecule has 6 heteroatoms. The van der Waals surface area contributed by atoms with Crippen LogP contribution in [0, 0.1) is 0 Å². The summed E-state index contributed by atoms with van der Waals surface area (Å²) in [5.41, 5.74) is 6.27. The Balaban J connectivity index is 0.00000261. The predicted molar refractivity (Wildman–Crippen MR) is 110 cm³/mol. The zero-order chi connectivity index (χ0) is 18.6. The summed E-state index contributed by atoms with van der Waals surface area (Å²) in [5, 5.41) is 22.3. The molecule has 0 amide bonds. The van der Waals surface area contributed by atoms with E-state index in [-0.39, 0.29) is 12.4 Å². The molecule has 0 aromatic heterocycles. The van der Waals surface area contributed by atoms with E-state index in [9.17, 15) is 10.2 Å². The Kier molecular flexibility index (Phi) is 7.50. The third-order valence-electron chi connectivity index (χ3n) is 5.01. The average Bonchev–Trinajstić information content (AvgIpc) is 2.64. The molecule has 0 radical (unpaired) electrons. The lowest BCUT2D eigenvalue weighted by molar-refractivity contribution is -0.192. The van der Waals surface area contributed by atoms with Crippen molar-refractivity contribution >= 4 is 18.1 Å². The van der Waals surface area contributed by atoms with Gasteiger partial charge in [-0.15, -0.1) is 12.4 Å². The first-order chi connectivity index (χ1) is 12.5. The summed E-state index contributed by atoms with van der Waals surface area (Å²) in [5.74, 6) is 0.591. The van der Waals surface area contributed by atoms with E-state index < -0.39 is 17.9 Å². The van der Waals surface area contributed by atoms with Gasteiger partial charge in [0.1, 0.15) is 17.6 Å². The number of anilines is 1. The van der Waals surface area contributed by atoms with Gasteiger partial charge in [0.2, 0.25) is 0 Å². The monoisotopic (exact) mass is 392 g/mol. The minimum Gasteiger partial charge on any atom is -0.483 e. The van der Waals surface area contributed by atoms with Gasteiger partial charge in [0, 0.05) is 25.2 Å². The molecule has 1 aliphatic heterocycles. The van der Waals surface area contributed by atoms with Crippen molar-refractivity contribution in [2.45, 2.75) is 44.1 Å². The minimum absolute atomic E-state index is 0. The number of aliphatic hydroxyl groups is 2. The zero-order valence-corrected chi connectivity index (χ0v) is 16.4. The Morgan fingerprint density at radius 2 is 1.81 bits per heavy atom. The Morgan fingerprint density at radius 3 is 2.44 bits per heavy atom. The maximum absolute atomic E-state index is 11.4. The summed E-state index contributed by atoms with van der Waals surface area (Å²) in [6, 6.07) is 16.9. The molecule has 0 aliphatic carbocycles. The number of halogens is 1. The Morgan fingerprint density at radius 1 is 1.15 bits per heavy atom. The van der Waals surface area contributed by atoms with Crippen LogP contribution < -0.4 is 10.5 Å². The first kappa shape index (κ1) is 21.5. The highest BCUT2D eigenvalue weighted by Gasteiger charge is 2.48. The summed E-state index contributed by atoms with van der Waals surface area (Å²) in [4.78, 5) is 1.97. The number of likely N-dealkylation sites (tertiary alicyclic amines) is 1. The molecule has 2 aromatic carbocycles. The van der Waals surface area contributed by atoms with Gasteiger partial charge >= 0.3 is 0 Å². The van der Waals surface area contributed by atoms with E-state index in [2.05, 4.69) is 6.92 Å². The average molecular weight is 393 g/mol. The number of benzene rings is 2. The number of rotatable bonds is 6. The molecule has 1 aliphatic rings. The molecule has 27 heavy (non-hydrogen) atoms. The maximum Gasteiger partial charge on any atom is 0.167 e. The summed E-state index contributed by atoms with van der Waals surface area (Å²) in [6.45, 7) is 3.48. The standard InChI is InChI=1S/C21H28N2O3.ClH/c1-2-13-23-14-12-21(25,15-16-6-4-3-5-7-16)19(20(23)24)26-18-10-8-17(22)9-11-18;/h3-11,19-20,24-25H,2,12-15,22H2,1H3;1H. The zero-order valence-electron chi connectivity index (χ0n) is 15.6. The lowest BCUT2D eigenvalue weighted by Crippen LogP contribution is -2.64. The van der Waals surface area contributed by atoms with Crippen molar-refractivity contribution in [2.24, 2.45) is 0 Å². The van der Waals surface area contributed by atoms with Gasteiger partial charge < -0.3 is 20.7 Å². The third-order valence-corrected chi connectivity index (χ3v) is 5.01. The molecular formula is C21H29ClN2O3. The number of nitrogen functional groups attached to an aromatic ring is 1. The van der Waals surface area contributed by atoms with Crippen molar-refractivity contribution in [3.05, 3.63) is 60.2 Å². The van der Waals surface area contributed by atoms with E-state index in [4.69, 9.17) is 10.5 Å². The largest absolute Gasteiger partial charge is 0.483 e. The highest BCUT2D eigenvalue weighted by Crippen LogP contribution is 2.33. The summed E-state index contributed by atoms with van der Waals surface area (Å²) < 4.78 is 6.09. The van der Waals surface area contributed by atoms with Crippen molar-refractivity contribution in [1.82, 2.24) is 4.90 Å². The van der Waals surface area contributed by atoms with E-state index in [1.807, 2.05) is 35.2 Å². The van der Waals surface area contributed by atoms with Crippen LogP contribution >= 0.6 is 12.4 Å². The number of nitrogens with two attached hydrogens (primary N) is 1. The smallest absolute Gasteiger partial charge is 0.167 e. The molecule has 3 unspecified atom stereocenters. The molecule has 0 saturated carbocycles. The van der Waals surface area contributed by atoms with Gasteiger partial charge in [-0.25, -0.2) is 0 Å². The van der Waals surface area contributed by atoms with Gasteiger partial charge in [0.15, 0.2) is 6.10 Å². The van der Waals surface area contributed by atoms with Gasteiger partial charge in [0.05, 0.1) is 0 Å². The van der Waals surface area contributed by atoms with E-state index in [1.54, 1.807) is 24.3 Å². The summed E-state index contributed by atoms with van der Waals surface area (Å²) in [6.07, 6.45) is 0.299. The number of hydrogen-bond acceptors (Lipinski definition) is 5. The fraction of sp³-hybridized carbons (Fsp3) is 0.429. The topological polar surface area (TPSA) is 79.0 Å². The molecule has 1 heterocycles. The number of piperidine rings is 1. The minimum atomic E-state index is -1.15. The molecule has 0 spiro atoms. The van der Waals surface area contributed by atoms with Gasteiger partial charge in [-0.3, -0.25) is 4.90 Å². The highest BCUT2D eigenvalue weighted by molar-refractivity contribution is 5.85. The number of aliphatic hydroxyl groups excluding tert-OH is 1. The van der Waals surface area contributed by atoms with Crippen LogP contribution in [0.3, 0.4) is 0 Å². The lowest BCUT2D eigenvalue weighted by Gasteiger charge is -2.47. The molecule has 4 N–H and O–H groups in total. The molecule has 5 nitrogen and oxygen atoms in total. The lowest BCUT2D eigenvalue weighted by atomic mass is 9.81. The fourth-order valence-corrected chi connectivity index (χ4v) is 3.61. The normalized spacial score (nSPS) is 25.6. The maximum atomic E-state index is 11.4. The predicted octanol–water partition coefficient (Wildman–Crippen LogP) is 2.85. The molecule has 2 aromatic rings. The van der Waals surface area contributed by atoms with Crippen LogP contribution in [0.5, 0.6) is 5.75 Å². The van der Waals surface area contributed by atoms with Crippen LogP contribution in [0.25, 0.3) is 0 Å². The summed E-state index contributed by atoms with van der Waals surface area (Å²) in [7, 11) is 0. The van der Waals surface area contributed by atoms with Crippen molar-refractivity contribution in [1.29, 1.82) is 0 Å². The third kappa shape index (κ3) is 5.14. The van der Waals surface area contributed by atoms with Gasteiger partial charge in [-0.05, 0) is 42.7 Å². The molecule has 1 saturated heterocycles. The van der Waals surface area contributed by atoms with E-state index in [0.717, 1.165) is 18.5 Å². The van der Waals surface area contributed by atoms with Crippen LogP contribution in [0.15, 0.2) is 54.6 Å². The van der Waals surface area contributed by atoms with Crippen LogP contribution in [0.1, 0.15) is 25.3 Å². The Bertz CT molecular complexity index is 698. The van der Waals surface area contributed by atoms with E-state index in [1.165, 1.54) is 0 Å². The SMILES string of the molecule is CCCN1CCC(O)(Cc2ccccc2)C(Oc2ccc(N)cc2)C1O.Cl. The van der Waals surface area contributed by atoms with Crippen molar-refractivity contribution < 1.29 is 14.9 Å². The number of nitrogens with zero attached hydrogens (tertiary/aromatic N) is 1.